The van der Waals surface area contributed by atoms with Crippen molar-refractivity contribution >= 4 is 21.6 Å². The van der Waals surface area contributed by atoms with Crippen LogP contribution >= 0.6 is 0 Å². The average Bonchev–Trinajstić information content (AvgIpc) is 2.67. The molecule has 2 aromatic carbocycles. The van der Waals surface area contributed by atoms with E-state index in [4.69, 9.17) is 4.74 Å². The van der Waals surface area contributed by atoms with Gasteiger partial charge in [-0.15, -0.1) is 0 Å². The summed E-state index contributed by atoms with van der Waals surface area (Å²) in [6, 6.07) is 16.4. The van der Waals surface area contributed by atoms with E-state index < -0.39 is 16.1 Å². The van der Waals surface area contributed by atoms with Gasteiger partial charge in [0.15, 0.2) is 6.10 Å². The van der Waals surface area contributed by atoms with E-state index >= 15 is 0 Å². The van der Waals surface area contributed by atoms with Gasteiger partial charge in [-0.3, -0.25) is 9.10 Å². The third-order valence-electron chi connectivity index (χ3n) is 4.61. The van der Waals surface area contributed by atoms with E-state index in [1.165, 1.54) is 11.4 Å². The quantitative estimate of drug-likeness (QED) is 0.673. The number of benzene rings is 2. The van der Waals surface area contributed by atoms with Crippen molar-refractivity contribution < 1.29 is 17.9 Å². The van der Waals surface area contributed by atoms with Crippen molar-refractivity contribution in [1.29, 1.82) is 0 Å². The van der Waals surface area contributed by atoms with Gasteiger partial charge in [0.05, 0.1) is 18.0 Å². The average molecular weight is 419 g/mol. The molecule has 0 saturated heterocycles. The highest BCUT2D eigenvalue weighted by atomic mass is 32.2. The first kappa shape index (κ1) is 22.7. The Morgan fingerprint density at radius 3 is 2.14 bits per heavy atom. The Balaban J connectivity index is 2.03. The summed E-state index contributed by atoms with van der Waals surface area (Å²) in [6.07, 6.45) is 1.28. The number of nitrogens with one attached hydrogen (secondary N) is 1. The molecule has 2 unspecified atom stereocenters. The Morgan fingerprint density at radius 2 is 1.62 bits per heavy atom. The number of nitrogens with zero attached hydrogens (tertiary/aromatic N) is 1. The molecule has 7 heteroatoms. The van der Waals surface area contributed by atoms with Gasteiger partial charge in [0.25, 0.3) is 5.91 Å². The van der Waals surface area contributed by atoms with Crippen molar-refractivity contribution in [3.8, 4) is 5.75 Å². The number of ether oxygens (including phenoxy) is 1. The molecule has 0 aliphatic heterocycles. The fourth-order valence-corrected chi connectivity index (χ4v) is 3.41. The molecular formula is C22H30N2O4S. The minimum Gasteiger partial charge on any atom is -0.481 e. The third-order valence-corrected chi connectivity index (χ3v) is 5.81. The molecule has 0 aliphatic rings. The van der Waals surface area contributed by atoms with E-state index in [0.717, 1.165) is 18.2 Å². The lowest BCUT2D eigenvalue weighted by Gasteiger charge is -2.24. The number of anilines is 1. The van der Waals surface area contributed by atoms with Crippen LogP contribution in [0.5, 0.6) is 5.75 Å². The minimum absolute atomic E-state index is 0.0828. The number of carbonyl (C=O) groups excluding carboxylic acids is 1. The molecule has 0 bridgehead atoms. The lowest BCUT2D eigenvalue weighted by molar-refractivity contribution is -0.128. The van der Waals surface area contributed by atoms with Crippen molar-refractivity contribution in [1.82, 2.24) is 5.32 Å². The number of hydrogen-bond acceptors (Lipinski definition) is 4. The molecule has 0 aliphatic carbocycles. The molecular weight excluding hydrogens is 388 g/mol. The van der Waals surface area contributed by atoms with E-state index in [1.54, 1.807) is 31.2 Å². The molecule has 0 aromatic heterocycles. The van der Waals surface area contributed by atoms with Gasteiger partial charge in [-0.25, -0.2) is 8.42 Å². The van der Waals surface area contributed by atoms with Crippen molar-refractivity contribution in [3.63, 3.8) is 0 Å². The van der Waals surface area contributed by atoms with Crippen LogP contribution in [0, 0.1) is 5.92 Å². The van der Waals surface area contributed by atoms with Crippen LogP contribution < -0.4 is 14.4 Å². The van der Waals surface area contributed by atoms with Crippen molar-refractivity contribution in [3.05, 3.63) is 60.2 Å². The van der Waals surface area contributed by atoms with E-state index in [1.807, 2.05) is 30.3 Å². The zero-order valence-electron chi connectivity index (χ0n) is 17.6. The molecule has 0 saturated carbocycles. The predicted molar refractivity (Wildman–Crippen MR) is 117 cm³/mol. The molecule has 29 heavy (non-hydrogen) atoms. The maximum absolute atomic E-state index is 12.7. The molecule has 0 spiro atoms. The molecule has 158 valence electrons. The maximum atomic E-state index is 12.7. The highest BCUT2D eigenvalue weighted by Gasteiger charge is 2.21. The van der Waals surface area contributed by atoms with Gasteiger partial charge in [-0.2, -0.15) is 0 Å². The van der Waals surface area contributed by atoms with Gasteiger partial charge in [0.2, 0.25) is 10.0 Å². The van der Waals surface area contributed by atoms with Crippen LogP contribution in [0.1, 0.15) is 38.8 Å². The summed E-state index contributed by atoms with van der Waals surface area (Å²) in [6.45, 7) is 5.94. The zero-order chi connectivity index (χ0) is 21.6. The van der Waals surface area contributed by atoms with Crippen LogP contribution in [-0.2, 0) is 14.8 Å². The van der Waals surface area contributed by atoms with Gasteiger partial charge in [-0.1, -0.05) is 44.2 Å². The van der Waals surface area contributed by atoms with Crippen LogP contribution in [0.2, 0.25) is 0 Å². The summed E-state index contributed by atoms with van der Waals surface area (Å²) in [4.78, 5) is 12.7. The molecule has 1 amide bonds. The fraction of sp³-hybridized carbons (Fsp3) is 0.409. The van der Waals surface area contributed by atoms with Crippen LogP contribution in [-0.4, -0.2) is 33.7 Å². The SMILES string of the molecule is CC(C)CC(NC(=O)C(C)Oc1ccc(N(C)S(C)(=O)=O)cc1)c1ccccc1. The Hall–Kier alpha value is -2.54. The summed E-state index contributed by atoms with van der Waals surface area (Å²) in [5.74, 6) is 0.728. The Bertz CT molecular complexity index is 896. The number of rotatable bonds is 9. The summed E-state index contributed by atoms with van der Waals surface area (Å²) in [5, 5.41) is 3.08. The summed E-state index contributed by atoms with van der Waals surface area (Å²) in [5.41, 5.74) is 1.59. The number of hydrogen-bond donors (Lipinski definition) is 1. The maximum Gasteiger partial charge on any atom is 0.261 e. The van der Waals surface area contributed by atoms with Crippen molar-refractivity contribution in [2.24, 2.45) is 5.92 Å². The monoisotopic (exact) mass is 418 g/mol. The summed E-state index contributed by atoms with van der Waals surface area (Å²) < 4.78 is 30.2. The van der Waals surface area contributed by atoms with Crippen molar-refractivity contribution in [2.75, 3.05) is 17.6 Å². The number of amides is 1. The van der Waals surface area contributed by atoms with Crippen molar-refractivity contribution in [2.45, 2.75) is 39.3 Å². The summed E-state index contributed by atoms with van der Waals surface area (Å²) >= 11 is 0. The third kappa shape index (κ3) is 6.78. The van der Waals surface area contributed by atoms with E-state index in [2.05, 4.69) is 19.2 Å². The minimum atomic E-state index is -3.33. The van der Waals surface area contributed by atoms with Crippen LogP contribution in [0.4, 0.5) is 5.69 Å². The predicted octanol–water partition coefficient (Wildman–Crippen LogP) is 3.75. The van der Waals surface area contributed by atoms with Gasteiger partial charge < -0.3 is 10.1 Å². The molecule has 0 fully saturated rings. The molecule has 2 aromatic rings. The smallest absolute Gasteiger partial charge is 0.261 e. The number of sulfonamides is 1. The standard InChI is InChI=1S/C22H30N2O4S/c1-16(2)15-21(18-9-7-6-8-10-18)23-22(25)17(3)28-20-13-11-19(12-14-20)24(4)29(5,26)27/h6-14,16-17,21H,15H2,1-5H3,(H,23,25). The van der Waals surface area contributed by atoms with Gasteiger partial charge in [0.1, 0.15) is 5.75 Å². The Kier molecular flexibility index (Phi) is 7.67. The molecule has 2 rings (SSSR count). The highest BCUT2D eigenvalue weighted by Crippen LogP contribution is 2.23. The largest absolute Gasteiger partial charge is 0.481 e. The van der Waals surface area contributed by atoms with Gasteiger partial charge >= 0.3 is 0 Å². The molecule has 1 N–H and O–H groups in total. The number of carbonyl (C=O) groups is 1. The molecule has 0 radical (unpaired) electrons. The molecule has 0 heterocycles. The lowest BCUT2D eigenvalue weighted by atomic mass is 9.97. The van der Waals surface area contributed by atoms with Crippen LogP contribution in [0.3, 0.4) is 0 Å². The Morgan fingerprint density at radius 1 is 1.03 bits per heavy atom. The zero-order valence-corrected chi connectivity index (χ0v) is 18.4. The highest BCUT2D eigenvalue weighted by molar-refractivity contribution is 7.92. The Labute approximate surface area is 173 Å². The second-order valence-electron chi connectivity index (χ2n) is 7.59. The molecule has 2 atom stereocenters. The van der Waals surface area contributed by atoms with Gasteiger partial charge in [0, 0.05) is 7.05 Å². The lowest BCUT2D eigenvalue weighted by Crippen LogP contribution is -2.39. The molecule has 6 nitrogen and oxygen atoms in total. The second-order valence-corrected chi connectivity index (χ2v) is 9.60. The second kappa shape index (κ2) is 9.78. The topological polar surface area (TPSA) is 75.7 Å². The first-order valence-corrected chi connectivity index (χ1v) is 11.5. The first-order chi connectivity index (χ1) is 13.6. The van der Waals surface area contributed by atoms with E-state index in [9.17, 15) is 13.2 Å². The normalized spacial score (nSPS) is 13.6. The van der Waals surface area contributed by atoms with Crippen LogP contribution in [0.15, 0.2) is 54.6 Å². The summed E-state index contributed by atoms with van der Waals surface area (Å²) in [7, 11) is -1.84. The van der Waals surface area contributed by atoms with Crippen LogP contribution in [0.25, 0.3) is 0 Å². The van der Waals surface area contributed by atoms with E-state index in [-0.39, 0.29) is 11.9 Å². The first-order valence-electron chi connectivity index (χ1n) is 9.64. The fourth-order valence-electron chi connectivity index (χ4n) is 2.91. The van der Waals surface area contributed by atoms with E-state index in [0.29, 0.717) is 17.4 Å². The van der Waals surface area contributed by atoms with Gasteiger partial charge in [-0.05, 0) is 49.1 Å².